The Kier molecular flexibility index (Phi) is 6.84. The second-order valence-corrected chi connectivity index (χ2v) is 9.47. The molecule has 8 heteroatoms. The maximum Gasteiger partial charge on any atom is 0.274 e. The highest BCUT2D eigenvalue weighted by Crippen LogP contribution is 2.33. The predicted molar refractivity (Wildman–Crippen MR) is 132 cm³/mol. The van der Waals surface area contributed by atoms with Crippen LogP contribution in [0.25, 0.3) is 16.1 Å². The number of amides is 1. The number of nitrogens with zero attached hydrogens (tertiary/aromatic N) is 4. The van der Waals surface area contributed by atoms with Crippen LogP contribution in [0.3, 0.4) is 0 Å². The molecule has 1 unspecified atom stereocenters. The number of imidazole rings is 1. The Hall–Kier alpha value is -2.41. The van der Waals surface area contributed by atoms with Gasteiger partial charge in [-0.05, 0) is 43.9 Å². The van der Waals surface area contributed by atoms with Crippen LogP contribution in [-0.4, -0.2) is 37.8 Å². The van der Waals surface area contributed by atoms with Crippen LogP contribution in [-0.2, 0) is 6.42 Å². The zero-order valence-electron chi connectivity index (χ0n) is 17.7. The number of carbonyl (C=O) groups excluding carboxylic acids is 1. The van der Waals surface area contributed by atoms with E-state index in [1.54, 1.807) is 11.3 Å². The molecule has 5 rings (SSSR count). The van der Waals surface area contributed by atoms with Gasteiger partial charge in [-0.25, -0.2) is 9.97 Å². The second kappa shape index (κ2) is 9.61. The molecule has 1 saturated heterocycles. The van der Waals surface area contributed by atoms with Gasteiger partial charge in [0.25, 0.3) is 5.91 Å². The van der Waals surface area contributed by atoms with Crippen molar-refractivity contribution in [1.29, 1.82) is 0 Å². The van der Waals surface area contributed by atoms with Crippen molar-refractivity contribution in [3.05, 3.63) is 76.3 Å². The molecular formula is C24H24Cl2N4OS. The van der Waals surface area contributed by atoms with Crippen LogP contribution in [0.5, 0.6) is 0 Å². The molecule has 166 valence electrons. The first-order valence-corrected chi connectivity index (χ1v) is 11.8. The van der Waals surface area contributed by atoms with Crippen LogP contribution in [0.15, 0.2) is 54.7 Å². The van der Waals surface area contributed by atoms with Crippen molar-refractivity contribution in [2.24, 2.45) is 0 Å². The van der Waals surface area contributed by atoms with Gasteiger partial charge < -0.3 is 4.90 Å². The summed E-state index contributed by atoms with van der Waals surface area (Å²) in [5.41, 5.74) is 3.27. The molecule has 0 saturated carbocycles. The largest absolute Gasteiger partial charge is 0.334 e. The summed E-state index contributed by atoms with van der Waals surface area (Å²) in [7, 11) is 0. The van der Waals surface area contributed by atoms with Gasteiger partial charge in [0.2, 0.25) is 0 Å². The van der Waals surface area contributed by atoms with Crippen molar-refractivity contribution in [2.75, 3.05) is 6.54 Å². The monoisotopic (exact) mass is 486 g/mol. The first-order chi connectivity index (χ1) is 15.1. The quantitative estimate of drug-likeness (QED) is 0.351. The highest BCUT2D eigenvalue weighted by molar-refractivity contribution is 7.15. The number of aromatic nitrogens is 3. The maximum atomic E-state index is 13.7. The van der Waals surface area contributed by atoms with E-state index in [9.17, 15) is 4.79 Å². The molecule has 3 aromatic heterocycles. The van der Waals surface area contributed by atoms with E-state index in [0.29, 0.717) is 17.3 Å². The highest BCUT2D eigenvalue weighted by atomic mass is 35.5. The van der Waals surface area contributed by atoms with E-state index in [2.05, 4.69) is 4.98 Å². The number of aryl methyl sites for hydroxylation is 1. The molecule has 5 nitrogen and oxygen atoms in total. The normalized spacial score (nSPS) is 16.2. The van der Waals surface area contributed by atoms with Crippen molar-refractivity contribution in [1.82, 2.24) is 19.3 Å². The van der Waals surface area contributed by atoms with E-state index in [4.69, 9.17) is 16.6 Å². The SMILES string of the molecule is Cc1nc(C(=O)N2CCCCC2Cc2nc3ccccn3c2Cl)c(-c2ccccc2)s1.Cl. The van der Waals surface area contributed by atoms with E-state index in [1.165, 1.54) is 0 Å². The van der Waals surface area contributed by atoms with E-state index >= 15 is 0 Å². The summed E-state index contributed by atoms with van der Waals surface area (Å²) in [5.74, 6) is 0.00721. The third kappa shape index (κ3) is 4.27. The highest BCUT2D eigenvalue weighted by Gasteiger charge is 2.32. The fourth-order valence-corrected chi connectivity index (χ4v) is 5.52. The Morgan fingerprint density at radius 3 is 2.69 bits per heavy atom. The Labute approximate surface area is 202 Å². The summed E-state index contributed by atoms with van der Waals surface area (Å²) in [4.78, 5) is 26.0. The number of thiazole rings is 1. The minimum Gasteiger partial charge on any atom is -0.334 e. The Bertz CT molecular complexity index is 1240. The smallest absolute Gasteiger partial charge is 0.274 e. The molecule has 1 atom stereocenters. The zero-order valence-corrected chi connectivity index (χ0v) is 20.1. The van der Waals surface area contributed by atoms with Gasteiger partial charge in [0.05, 0.1) is 15.6 Å². The van der Waals surface area contributed by atoms with E-state index in [-0.39, 0.29) is 24.4 Å². The molecule has 4 aromatic rings. The average Bonchev–Trinajstić information content (AvgIpc) is 3.34. The lowest BCUT2D eigenvalue weighted by Gasteiger charge is -2.35. The van der Waals surface area contributed by atoms with Crippen molar-refractivity contribution >= 4 is 46.9 Å². The number of carbonyl (C=O) groups is 1. The number of pyridine rings is 1. The Morgan fingerprint density at radius 2 is 1.91 bits per heavy atom. The second-order valence-electron chi connectivity index (χ2n) is 7.91. The lowest BCUT2D eigenvalue weighted by Crippen LogP contribution is -2.45. The molecule has 0 N–H and O–H groups in total. The maximum absolute atomic E-state index is 13.7. The molecule has 1 aliphatic heterocycles. The number of likely N-dealkylation sites (tertiary alicyclic amines) is 1. The molecule has 1 fully saturated rings. The van der Waals surface area contributed by atoms with Crippen LogP contribution in [0.4, 0.5) is 0 Å². The summed E-state index contributed by atoms with van der Waals surface area (Å²) in [5, 5.41) is 1.53. The molecule has 0 spiro atoms. The molecule has 1 amide bonds. The van der Waals surface area contributed by atoms with E-state index in [0.717, 1.165) is 52.6 Å². The minimum atomic E-state index is 0. The number of fused-ring (bicyclic) bond motifs is 1. The lowest BCUT2D eigenvalue weighted by atomic mass is 9.97. The van der Waals surface area contributed by atoms with Crippen molar-refractivity contribution in [3.63, 3.8) is 0 Å². The summed E-state index contributed by atoms with van der Waals surface area (Å²) < 4.78 is 1.89. The summed E-state index contributed by atoms with van der Waals surface area (Å²) in [6.07, 6.45) is 5.62. The van der Waals surface area contributed by atoms with Gasteiger partial charge in [0, 0.05) is 25.2 Å². The van der Waals surface area contributed by atoms with Gasteiger partial charge >= 0.3 is 0 Å². The van der Waals surface area contributed by atoms with E-state index < -0.39 is 0 Å². The fraction of sp³-hybridized carbons (Fsp3) is 0.292. The van der Waals surface area contributed by atoms with Gasteiger partial charge in [-0.3, -0.25) is 9.20 Å². The first-order valence-electron chi connectivity index (χ1n) is 10.6. The standard InChI is InChI=1S/C24H23ClN4OS.ClH/c1-16-26-21(22(31-16)17-9-3-2-4-10-17)24(30)28-13-7-5-11-18(28)15-19-23(25)29-14-8-6-12-20(29)27-19;/h2-4,6,8-10,12,14,18H,5,7,11,13,15H2,1H3;1H. The number of hydrogen-bond donors (Lipinski definition) is 0. The number of halogens is 2. The summed E-state index contributed by atoms with van der Waals surface area (Å²) in [6.45, 7) is 2.69. The lowest BCUT2D eigenvalue weighted by molar-refractivity contribution is 0.0608. The third-order valence-corrected chi connectivity index (χ3v) is 7.25. The van der Waals surface area contributed by atoms with Gasteiger partial charge in [0.1, 0.15) is 16.5 Å². The van der Waals surface area contributed by atoms with Crippen molar-refractivity contribution in [2.45, 2.75) is 38.6 Å². The predicted octanol–water partition coefficient (Wildman–Crippen LogP) is 6.08. The van der Waals surface area contributed by atoms with E-state index in [1.807, 2.05) is 71.0 Å². The van der Waals surface area contributed by atoms with Crippen LogP contribution in [0, 0.1) is 6.92 Å². The minimum absolute atomic E-state index is 0. The Morgan fingerprint density at radius 1 is 1.12 bits per heavy atom. The van der Waals surface area contributed by atoms with Gasteiger partial charge in [0.15, 0.2) is 0 Å². The van der Waals surface area contributed by atoms with Crippen molar-refractivity contribution in [3.8, 4) is 10.4 Å². The van der Waals surface area contributed by atoms with Crippen LogP contribution < -0.4 is 0 Å². The molecule has 32 heavy (non-hydrogen) atoms. The first kappa shape index (κ1) is 22.8. The molecular weight excluding hydrogens is 463 g/mol. The van der Waals surface area contributed by atoms with Gasteiger partial charge in [-0.1, -0.05) is 48.0 Å². The number of benzene rings is 1. The fourth-order valence-electron chi connectivity index (χ4n) is 4.34. The summed E-state index contributed by atoms with van der Waals surface area (Å²) in [6, 6.07) is 15.9. The van der Waals surface area contributed by atoms with Crippen LogP contribution in [0.1, 0.15) is 40.5 Å². The molecule has 0 radical (unpaired) electrons. The average molecular weight is 487 g/mol. The molecule has 1 aliphatic rings. The van der Waals surface area contributed by atoms with Gasteiger partial charge in [-0.15, -0.1) is 23.7 Å². The van der Waals surface area contributed by atoms with Gasteiger partial charge in [-0.2, -0.15) is 0 Å². The third-order valence-electron chi connectivity index (χ3n) is 5.83. The van der Waals surface area contributed by atoms with Crippen molar-refractivity contribution < 1.29 is 4.79 Å². The topological polar surface area (TPSA) is 50.5 Å². The molecule has 0 aliphatic carbocycles. The summed E-state index contributed by atoms with van der Waals surface area (Å²) >= 11 is 8.19. The number of hydrogen-bond acceptors (Lipinski definition) is 4. The zero-order chi connectivity index (χ0) is 21.4. The molecule has 0 bridgehead atoms. The number of piperidine rings is 1. The Balaban J connectivity index is 0.00000245. The van der Waals surface area contributed by atoms with Crippen LogP contribution >= 0.6 is 35.3 Å². The number of rotatable bonds is 4. The molecule has 1 aromatic carbocycles. The molecule has 4 heterocycles. The van der Waals surface area contributed by atoms with Crippen LogP contribution in [0.2, 0.25) is 5.15 Å².